The van der Waals surface area contributed by atoms with Crippen LogP contribution in [0.15, 0.2) is 24.3 Å². The summed E-state index contributed by atoms with van der Waals surface area (Å²) in [6, 6.07) is 7.24. The van der Waals surface area contributed by atoms with Crippen molar-refractivity contribution in [3.05, 3.63) is 34.9 Å². The first-order valence-electron chi connectivity index (χ1n) is 9.86. The summed E-state index contributed by atoms with van der Waals surface area (Å²) in [7, 11) is 0. The third kappa shape index (κ3) is 6.66. The van der Waals surface area contributed by atoms with Crippen molar-refractivity contribution in [3.63, 3.8) is 0 Å². The van der Waals surface area contributed by atoms with E-state index in [1.54, 1.807) is 12.1 Å². The number of halogens is 1. The second kappa shape index (κ2) is 9.76. The second-order valence-corrected chi connectivity index (χ2v) is 8.97. The van der Waals surface area contributed by atoms with Gasteiger partial charge in [-0.15, -0.1) is 0 Å². The molecule has 2 rings (SSSR count). The van der Waals surface area contributed by atoms with Crippen LogP contribution in [0, 0.1) is 0 Å². The van der Waals surface area contributed by atoms with Crippen LogP contribution in [-0.4, -0.2) is 51.5 Å². The summed E-state index contributed by atoms with van der Waals surface area (Å²) < 4.78 is 0. The molecule has 1 aliphatic rings. The Morgan fingerprint density at radius 2 is 1.81 bits per heavy atom. The van der Waals surface area contributed by atoms with E-state index in [0.717, 1.165) is 18.4 Å². The molecule has 0 radical (unpaired) electrons. The number of benzene rings is 1. The fourth-order valence-corrected chi connectivity index (χ4v) is 4.04. The zero-order chi connectivity index (χ0) is 20.0. The number of hydrogen-bond donors (Lipinski definition) is 3. The van der Waals surface area contributed by atoms with Crippen molar-refractivity contribution in [2.45, 2.75) is 83.0 Å². The van der Waals surface area contributed by atoms with Crippen LogP contribution >= 0.6 is 11.6 Å². The van der Waals surface area contributed by atoms with Crippen LogP contribution in [0.3, 0.4) is 0 Å². The average molecular weight is 397 g/mol. The number of amides is 1. The Bertz CT molecular complexity index is 594. The Hall–Kier alpha value is -1.30. The van der Waals surface area contributed by atoms with E-state index in [1.807, 2.05) is 32.9 Å². The molecule has 0 saturated heterocycles. The van der Waals surface area contributed by atoms with E-state index in [0.29, 0.717) is 24.0 Å². The van der Waals surface area contributed by atoms with Gasteiger partial charge in [-0.3, -0.25) is 4.90 Å². The number of rotatable bonds is 7. The molecule has 2 atom stereocenters. The predicted molar refractivity (Wildman–Crippen MR) is 109 cm³/mol. The SMILES string of the molecule is CC(C)(C)N(C(=O)O)[C@@H](Cc1ccc(Cl)cc1)[C@H](O)CNC1CCCCC1. The van der Waals surface area contributed by atoms with Crippen molar-refractivity contribution >= 4 is 17.7 Å². The summed E-state index contributed by atoms with van der Waals surface area (Å²) in [4.78, 5) is 13.4. The molecular weight excluding hydrogens is 364 g/mol. The van der Waals surface area contributed by atoms with Crippen molar-refractivity contribution in [1.82, 2.24) is 10.2 Å². The van der Waals surface area contributed by atoms with Crippen molar-refractivity contribution in [1.29, 1.82) is 0 Å². The second-order valence-electron chi connectivity index (χ2n) is 8.53. The normalized spacial score (nSPS) is 18.1. The van der Waals surface area contributed by atoms with Gasteiger partial charge in [0.1, 0.15) is 0 Å². The average Bonchev–Trinajstić information content (AvgIpc) is 2.60. The highest BCUT2D eigenvalue weighted by molar-refractivity contribution is 6.30. The fourth-order valence-electron chi connectivity index (χ4n) is 3.92. The predicted octanol–water partition coefficient (Wildman–Crippen LogP) is 4.31. The molecule has 0 spiro atoms. The first-order valence-corrected chi connectivity index (χ1v) is 10.2. The maximum Gasteiger partial charge on any atom is 0.408 e. The highest BCUT2D eigenvalue weighted by Crippen LogP contribution is 2.24. The summed E-state index contributed by atoms with van der Waals surface area (Å²) in [5.41, 5.74) is 0.339. The number of carbonyl (C=O) groups is 1. The first kappa shape index (κ1) is 22.0. The molecule has 1 aliphatic carbocycles. The lowest BCUT2D eigenvalue weighted by molar-refractivity contribution is 0.00649. The highest BCUT2D eigenvalue weighted by Gasteiger charge is 2.37. The molecule has 0 aliphatic heterocycles. The summed E-state index contributed by atoms with van der Waals surface area (Å²) in [5.74, 6) is 0. The minimum Gasteiger partial charge on any atom is -0.465 e. The molecule has 152 valence electrons. The van der Waals surface area contributed by atoms with Gasteiger partial charge in [0, 0.05) is 23.1 Å². The van der Waals surface area contributed by atoms with E-state index in [-0.39, 0.29) is 0 Å². The van der Waals surface area contributed by atoms with Gasteiger partial charge >= 0.3 is 6.09 Å². The van der Waals surface area contributed by atoms with E-state index in [4.69, 9.17) is 11.6 Å². The number of aliphatic hydroxyl groups is 1. The molecule has 1 aromatic carbocycles. The molecule has 1 aromatic rings. The lowest BCUT2D eigenvalue weighted by Gasteiger charge is -2.42. The third-order valence-corrected chi connectivity index (χ3v) is 5.54. The quantitative estimate of drug-likeness (QED) is 0.642. The summed E-state index contributed by atoms with van der Waals surface area (Å²) in [6.07, 6.45) is 4.57. The molecule has 1 fully saturated rings. The number of carboxylic acid groups (broad SMARTS) is 1. The smallest absolute Gasteiger partial charge is 0.408 e. The Morgan fingerprint density at radius 3 is 2.33 bits per heavy atom. The molecule has 3 N–H and O–H groups in total. The number of nitrogens with one attached hydrogen (secondary N) is 1. The van der Waals surface area contributed by atoms with Gasteiger partial charge < -0.3 is 15.5 Å². The van der Waals surface area contributed by atoms with Gasteiger partial charge in [-0.05, 0) is 57.7 Å². The topological polar surface area (TPSA) is 72.8 Å². The van der Waals surface area contributed by atoms with Crippen molar-refractivity contribution < 1.29 is 15.0 Å². The molecular formula is C21H33ClN2O3. The Balaban J connectivity index is 2.15. The van der Waals surface area contributed by atoms with E-state index in [2.05, 4.69) is 5.32 Å². The maximum absolute atomic E-state index is 12.0. The molecule has 0 bridgehead atoms. The maximum atomic E-state index is 12.0. The third-order valence-electron chi connectivity index (χ3n) is 5.28. The van der Waals surface area contributed by atoms with Crippen LogP contribution in [-0.2, 0) is 6.42 Å². The van der Waals surface area contributed by atoms with Gasteiger partial charge in [0.15, 0.2) is 0 Å². The Labute approximate surface area is 167 Å². The minimum atomic E-state index is -1.02. The first-order chi connectivity index (χ1) is 12.7. The Kier molecular flexibility index (Phi) is 7.95. The molecule has 0 unspecified atom stereocenters. The molecule has 0 heterocycles. The zero-order valence-corrected chi connectivity index (χ0v) is 17.4. The van der Waals surface area contributed by atoms with Gasteiger partial charge in [-0.25, -0.2) is 4.79 Å². The summed E-state index contributed by atoms with van der Waals surface area (Å²) in [5, 5.41) is 24.9. The molecule has 5 nitrogen and oxygen atoms in total. The molecule has 6 heteroatoms. The van der Waals surface area contributed by atoms with Gasteiger partial charge in [-0.2, -0.15) is 0 Å². The van der Waals surface area contributed by atoms with Crippen LogP contribution in [0.25, 0.3) is 0 Å². The van der Waals surface area contributed by atoms with Crippen molar-refractivity contribution in [3.8, 4) is 0 Å². The fraction of sp³-hybridized carbons (Fsp3) is 0.667. The van der Waals surface area contributed by atoms with Gasteiger partial charge in [0.2, 0.25) is 0 Å². The van der Waals surface area contributed by atoms with Crippen LogP contribution in [0.4, 0.5) is 4.79 Å². The monoisotopic (exact) mass is 396 g/mol. The van der Waals surface area contributed by atoms with Crippen LogP contribution in [0.1, 0.15) is 58.4 Å². The largest absolute Gasteiger partial charge is 0.465 e. The van der Waals surface area contributed by atoms with Crippen LogP contribution < -0.4 is 5.32 Å². The minimum absolute atomic E-state index is 0.392. The lowest BCUT2D eigenvalue weighted by Crippen LogP contribution is -2.58. The van der Waals surface area contributed by atoms with Gasteiger partial charge in [-0.1, -0.05) is 43.0 Å². The standard InChI is InChI=1S/C21H33ClN2O3/c1-21(2,3)24(20(26)27)18(13-15-9-11-16(22)12-10-15)19(25)14-23-17-7-5-4-6-8-17/h9-12,17-19,23,25H,4-8,13-14H2,1-3H3,(H,26,27)/t18-,19+/m0/s1. The molecule has 1 amide bonds. The van der Waals surface area contributed by atoms with Crippen LogP contribution in [0.2, 0.25) is 5.02 Å². The lowest BCUT2D eigenvalue weighted by atomic mass is 9.93. The molecule has 1 saturated carbocycles. The highest BCUT2D eigenvalue weighted by atomic mass is 35.5. The number of nitrogens with zero attached hydrogens (tertiary/aromatic N) is 1. The van der Waals surface area contributed by atoms with Gasteiger partial charge in [0.25, 0.3) is 0 Å². The van der Waals surface area contributed by atoms with Crippen molar-refractivity contribution in [2.24, 2.45) is 0 Å². The van der Waals surface area contributed by atoms with E-state index in [1.165, 1.54) is 24.2 Å². The number of hydrogen-bond acceptors (Lipinski definition) is 3. The summed E-state index contributed by atoms with van der Waals surface area (Å²) >= 11 is 5.97. The van der Waals surface area contributed by atoms with Gasteiger partial charge in [0.05, 0.1) is 12.1 Å². The molecule has 27 heavy (non-hydrogen) atoms. The van der Waals surface area contributed by atoms with Crippen LogP contribution in [0.5, 0.6) is 0 Å². The van der Waals surface area contributed by atoms with E-state index in [9.17, 15) is 15.0 Å². The Morgan fingerprint density at radius 1 is 1.22 bits per heavy atom. The zero-order valence-electron chi connectivity index (χ0n) is 16.6. The van der Waals surface area contributed by atoms with Crippen molar-refractivity contribution in [2.75, 3.05) is 6.54 Å². The van der Waals surface area contributed by atoms with E-state index < -0.39 is 23.8 Å². The van der Waals surface area contributed by atoms with E-state index >= 15 is 0 Å². The number of aliphatic hydroxyl groups excluding tert-OH is 1. The summed E-state index contributed by atoms with van der Waals surface area (Å²) in [6.45, 7) is 5.97. The molecule has 0 aromatic heterocycles.